The summed E-state index contributed by atoms with van der Waals surface area (Å²) in [4.78, 5) is 28.5. The van der Waals surface area contributed by atoms with Crippen LogP contribution < -0.4 is 4.90 Å². The summed E-state index contributed by atoms with van der Waals surface area (Å²) in [7, 11) is 0. The number of nitrogens with zero attached hydrogens (tertiary/aromatic N) is 7. The van der Waals surface area contributed by atoms with E-state index in [9.17, 15) is 4.79 Å². The molecule has 8 heteroatoms. The van der Waals surface area contributed by atoms with Gasteiger partial charge in [-0.3, -0.25) is 4.79 Å². The fraction of sp³-hybridized carbons (Fsp3) is 0.240. The van der Waals surface area contributed by atoms with E-state index in [0.29, 0.717) is 23.7 Å². The second-order valence-corrected chi connectivity index (χ2v) is 8.64. The number of carbonyl (C=O) groups excluding carboxylic acids is 1. The van der Waals surface area contributed by atoms with Crippen molar-refractivity contribution in [1.29, 1.82) is 0 Å². The number of hydrogen-bond donors (Lipinski definition) is 0. The van der Waals surface area contributed by atoms with E-state index in [0.717, 1.165) is 35.9 Å². The van der Waals surface area contributed by atoms with Gasteiger partial charge in [-0.05, 0) is 25.1 Å². The fourth-order valence-corrected chi connectivity index (χ4v) is 4.80. The van der Waals surface area contributed by atoms with Crippen molar-refractivity contribution in [2.75, 3.05) is 24.5 Å². The first kappa shape index (κ1) is 19.6. The number of fused-ring (bicyclic) bond motifs is 1. The SMILES string of the molecule is Cc1ccc(-n2nccn2)c(C(=O)N2CC3CN(c4nccc(-c5ccccc5)n4)C3C2)c1. The summed E-state index contributed by atoms with van der Waals surface area (Å²) in [5, 5.41) is 8.45. The van der Waals surface area contributed by atoms with Gasteiger partial charge in [-0.1, -0.05) is 42.0 Å². The van der Waals surface area contributed by atoms with E-state index in [-0.39, 0.29) is 11.9 Å². The Morgan fingerprint density at radius 2 is 1.76 bits per heavy atom. The molecule has 0 bridgehead atoms. The number of aromatic nitrogens is 5. The van der Waals surface area contributed by atoms with Gasteiger partial charge in [0, 0.05) is 37.3 Å². The van der Waals surface area contributed by atoms with Gasteiger partial charge in [-0.15, -0.1) is 0 Å². The average molecular weight is 438 g/mol. The van der Waals surface area contributed by atoms with Gasteiger partial charge in [-0.25, -0.2) is 9.97 Å². The molecule has 2 fully saturated rings. The Balaban J connectivity index is 1.23. The molecule has 2 atom stereocenters. The van der Waals surface area contributed by atoms with E-state index in [1.165, 1.54) is 4.80 Å². The number of hydrogen-bond acceptors (Lipinski definition) is 6. The lowest BCUT2D eigenvalue weighted by Crippen LogP contribution is -2.56. The van der Waals surface area contributed by atoms with Gasteiger partial charge in [0.05, 0.1) is 35.4 Å². The summed E-state index contributed by atoms with van der Waals surface area (Å²) in [6.07, 6.45) is 5.04. The first-order chi connectivity index (χ1) is 16.2. The zero-order chi connectivity index (χ0) is 22.4. The van der Waals surface area contributed by atoms with Crippen molar-refractivity contribution in [1.82, 2.24) is 29.9 Å². The van der Waals surface area contributed by atoms with Crippen LogP contribution in [0.1, 0.15) is 15.9 Å². The average Bonchev–Trinajstić information content (AvgIpc) is 3.48. The summed E-state index contributed by atoms with van der Waals surface area (Å²) in [6.45, 7) is 4.23. The molecule has 0 radical (unpaired) electrons. The number of rotatable bonds is 4. The Morgan fingerprint density at radius 3 is 2.58 bits per heavy atom. The predicted octanol–water partition coefficient (Wildman–Crippen LogP) is 2.99. The maximum Gasteiger partial charge on any atom is 0.256 e. The highest BCUT2D eigenvalue weighted by Crippen LogP contribution is 2.36. The minimum atomic E-state index is 0.0132. The summed E-state index contributed by atoms with van der Waals surface area (Å²) < 4.78 is 0. The standard InChI is InChI=1S/C25H23N7O/c1-17-7-8-22(32-27-11-12-28-32)20(13-17)24(33)30-14-19-15-31(23(19)16-30)25-26-10-9-21(29-25)18-5-3-2-4-6-18/h2-13,19,23H,14-16H2,1H3. The van der Waals surface area contributed by atoms with Crippen LogP contribution in [0.15, 0.2) is 73.2 Å². The summed E-state index contributed by atoms with van der Waals surface area (Å²) in [5.41, 5.74) is 4.34. The molecule has 0 N–H and O–H groups in total. The van der Waals surface area contributed by atoms with E-state index in [2.05, 4.69) is 32.2 Å². The van der Waals surface area contributed by atoms with Crippen LogP contribution in [-0.2, 0) is 0 Å². The first-order valence-corrected chi connectivity index (χ1v) is 11.1. The van der Waals surface area contributed by atoms with Crippen molar-refractivity contribution < 1.29 is 4.79 Å². The van der Waals surface area contributed by atoms with Gasteiger partial charge in [0.1, 0.15) is 0 Å². The molecule has 1 amide bonds. The first-order valence-electron chi connectivity index (χ1n) is 11.1. The van der Waals surface area contributed by atoms with Crippen LogP contribution in [0.25, 0.3) is 16.9 Å². The van der Waals surface area contributed by atoms with Gasteiger partial charge < -0.3 is 9.80 Å². The van der Waals surface area contributed by atoms with Crippen molar-refractivity contribution in [3.05, 3.63) is 84.3 Å². The number of benzene rings is 2. The normalized spacial score (nSPS) is 19.3. The number of aryl methyl sites for hydroxylation is 1. The summed E-state index contributed by atoms with van der Waals surface area (Å²) >= 11 is 0. The third kappa shape index (κ3) is 3.44. The molecule has 33 heavy (non-hydrogen) atoms. The lowest BCUT2D eigenvalue weighted by atomic mass is 9.92. The number of anilines is 1. The molecule has 164 valence electrons. The highest BCUT2D eigenvalue weighted by Gasteiger charge is 2.48. The van der Waals surface area contributed by atoms with E-state index < -0.39 is 0 Å². The van der Waals surface area contributed by atoms with Gasteiger partial charge in [0.2, 0.25) is 5.95 Å². The zero-order valence-corrected chi connectivity index (χ0v) is 18.2. The van der Waals surface area contributed by atoms with E-state index in [4.69, 9.17) is 4.98 Å². The molecule has 0 saturated carbocycles. The molecule has 6 rings (SSSR count). The minimum absolute atomic E-state index is 0.0132. The molecular weight excluding hydrogens is 414 g/mol. The molecular formula is C25H23N7O. The lowest BCUT2D eigenvalue weighted by Gasteiger charge is -2.43. The van der Waals surface area contributed by atoms with Crippen LogP contribution in [0.3, 0.4) is 0 Å². The van der Waals surface area contributed by atoms with Crippen LogP contribution in [0.4, 0.5) is 5.95 Å². The second kappa shape index (κ2) is 7.81. The molecule has 0 spiro atoms. The highest BCUT2D eigenvalue weighted by molar-refractivity contribution is 5.98. The van der Waals surface area contributed by atoms with Crippen molar-refractivity contribution in [3.63, 3.8) is 0 Å². The Hall–Kier alpha value is -4.07. The zero-order valence-electron chi connectivity index (χ0n) is 18.2. The minimum Gasteiger partial charge on any atom is -0.336 e. The van der Waals surface area contributed by atoms with E-state index >= 15 is 0 Å². The van der Waals surface area contributed by atoms with Gasteiger partial charge in [0.15, 0.2) is 0 Å². The summed E-state index contributed by atoms with van der Waals surface area (Å²) in [5.74, 6) is 1.16. The molecule has 2 aliphatic heterocycles. The van der Waals surface area contributed by atoms with Gasteiger partial charge in [-0.2, -0.15) is 15.0 Å². The lowest BCUT2D eigenvalue weighted by molar-refractivity contribution is 0.0789. The molecule has 0 aliphatic carbocycles. The molecule has 2 aliphatic rings. The van der Waals surface area contributed by atoms with E-state index in [1.807, 2.05) is 60.5 Å². The monoisotopic (exact) mass is 437 g/mol. The molecule has 8 nitrogen and oxygen atoms in total. The Bertz CT molecular complexity index is 1310. The maximum atomic E-state index is 13.5. The highest BCUT2D eigenvalue weighted by atomic mass is 16.2. The number of likely N-dealkylation sites (tertiary alicyclic amines) is 1. The summed E-state index contributed by atoms with van der Waals surface area (Å²) in [6, 6.07) is 18.1. The van der Waals surface area contributed by atoms with Crippen molar-refractivity contribution >= 4 is 11.9 Å². The van der Waals surface area contributed by atoms with Crippen LogP contribution in [-0.4, -0.2) is 61.4 Å². The smallest absolute Gasteiger partial charge is 0.256 e. The fourth-order valence-electron chi connectivity index (χ4n) is 4.80. The molecule has 4 aromatic rings. The van der Waals surface area contributed by atoms with Crippen LogP contribution in [0.2, 0.25) is 0 Å². The number of amides is 1. The van der Waals surface area contributed by atoms with Crippen molar-refractivity contribution in [2.24, 2.45) is 5.92 Å². The molecule has 4 heterocycles. The molecule has 2 saturated heterocycles. The van der Waals surface area contributed by atoms with Crippen molar-refractivity contribution in [2.45, 2.75) is 13.0 Å². The van der Waals surface area contributed by atoms with Gasteiger partial charge >= 0.3 is 0 Å². The second-order valence-electron chi connectivity index (χ2n) is 8.64. The quantitative estimate of drug-likeness (QED) is 0.488. The topological polar surface area (TPSA) is 80.0 Å². The van der Waals surface area contributed by atoms with Gasteiger partial charge in [0.25, 0.3) is 5.91 Å². The molecule has 2 aromatic carbocycles. The molecule has 2 unspecified atom stereocenters. The maximum absolute atomic E-state index is 13.5. The van der Waals surface area contributed by atoms with Crippen LogP contribution in [0, 0.1) is 12.8 Å². The van der Waals surface area contributed by atoms with Crippen LogP contribution >= 0.6 is 0 Å². The third-order valence-corrected chi connectivity index (χ3v) is 6.51. The third-order valence-electron chi connectivity index (χ3n) is 6.51. The number of carbonyl (C=O) groups is 1. The largest absolute Gasteiger partial charge is 0.336 e. The Kier molecular flexibility index (Phi) is 4.64. The van der Waals surface area contributed by atoms with E-state index in [1.54, 1.807) is 12.4 Å². The Labute approximate surface area is 191 Å². The predicted molar refractivity (Wildman–Crippen MR) is 124 cm³/mol. The van der Waals surface area contributed by atoms with Crippen LogP contribution in [0.5, 0.6) is 0 Å². The Morgan fingerprint density at radius 1 is 0.939 bits per heavy atom. The molecule has 2 aromatic heterocycles. The van der Waals surface area contributed by atoms with Crippen molar-refractivity contribution in [3.8, 4) is 16.9 Å².